The van der Waals surface area contributed by atoms with Crippen molar-refractivity contribution < 1.29 is 0 Å². The zero-order valence-corrected chi connectivity index (χ0v) is 13.1. The van der Waals surface area contributed by atoms with E-state index in [0.29, 0.717) is 18.0 Å². The molecule has 1 aromatic heterocycles. The van der Waals surface area contributed by atoms with E-state index in [1.165, 1.54) is 0 Å². The lowest BCUT2D eigenvalue weighted by Crippen LogP contribution is -2.12. The molecular weight excluding hydrogens is 282 g/mol. The van der Waals surface area contributed by atoms with E-state index in [0.717, 1.165) is 28.8 Å². The van der Waals surface area contributed by atoms with Gasteiger partial charge in [-0.25, -0.2) is 0 Å². The minimum absolute atomic E-state index is 0.393. The molecule has 0 bridgehead atoms. The van der Waals surface area contributed by atoms with E-state index in [1.54, 1.807) is 11.8 Å². The molecule has 0 unspecified atom stereocenters. The van der Waals surface area contributed by atoms with E-state index >= 15 is 0 Å². The van der Waals surface area contributed by atoms with Gasteiger partial charge in [-0.2, -0.15) is 5.26 Å². The molecule has 2 N–H and O–H groups in total. The molecule has 5 nitrogen and oxygen atoms in total. The van der Waals surface area contributed by atoms with Gasteiger partial charge >= 0.3 is 0 Å². The fourth-order valence-corrected chi connectivity index (χ4v) is 2.91. The van der Waals surface area contributed by atoms with Gasteiger partial charge in [0.15, 0.2) is 5.16 Å². The average Bonchev–Trinajstić information content (AvgIpc) is 2.86. The molecule has 110 valence electrons. The Labute approximate surface area is 129 Å². The minimum atomic E-state index is 0.393. The third-order valence-electron chi connectivity index (χ3n) is 2.95. The van der Waals surface area contributed by atoms with Gasteiger partial charge in [-0.1, -0.05) is 37.7 Å². The fourth-order valence-electron chi connectivity index (χ4n) is 2.00. The Morgan fingerprint density at radius 1 is 1.38 bits per heavy atom. The molecule has 2 rings (SSSR count). The number of rotatable bonds is 6. The molecule has 0 atom stereocenters. The summed E-state index contributed by atoms with van der Waals surface area (Å²) < 4.78 is 2.09. The van der Waals surface area contributed by atoms with Crippen LogP contribution in [0.4, 0.5) is 0 Å². The summed E-state index contributed by atoms with van der Waals surface area (Å²) in [4.78, 5) is 0. The lowest BCUT2D eigenvalue weighted by Gasteiger charge is -2.11. The van der Waals surface area contributed by atoms with Crippen LogP contribution in [0.2, 0.25) is 0 Å². The van der Waals surface area contributed by atoms with Gasteiger partial charge in [-0.15, -0.1) is 10.2 Å². The van der Waals surface area contributed by atoms with Gasteiger partial charge in [0.2, 0.25) is 0 Å². The van der Waals surface area contributed by atoms with Crippen LogP contribution < -0.4 is 5.73 Å². The van der Waals surface area contributed by atoms with Crippen molar-refractivity contribution in [2.75, 3.05) is 0 Å². The largest absolute Gasteiger partial charge is 0.324 e. The van der Waals surface area contributed by atoms with Gasteiger partial charge in [0.1, 0.15) is 5.82 Å². The minimum Gasteiger partial charge on any atom is -0.324 e. The van der Waals surface area contributed by atoms with Crippen LogP contribution in [0, 0.1) is 17.2 Å². The fraction of sp³-hybridized carbons (Fsp3) is 0.400. The van der Waals surface area contributed by atoms with E-state index in [9.17, 15) is 0 Å². The topological polar surface area (TPSA) is 80.5 Å². The number of hydrogen-bond acceptors (Lipinski definition) is 5. The molecule has 0 fully saturated rings. The molecule has 1 heterocycles. The first-order valence-electron chi connectivity index (χ1n) is 6.88. The Morgan fingerprint density at radius 3 is 2.86 bits per heavy atom. The van der Waals surface area contributed by atoms with Crippen LogP contribution in [0.25, 0.3) is 0 Å². The van der Waals surface area contributed by atoms with Gasteiger partial charge in [0.25, 0.3) is 0 Å². The lowest BCUT2D eigenvalue weighted by molar-refractivity contribution is 0.480. The summed E-state index contributed by atoms with van der Waals surface area (Å²) in [5.74, 6) is 2.08. The van der Waals surface area contributed by atoms with Gasteiger partial charge in [-0.3, -0.25) is 0 Å². The van der Waals surface area contributed by atoms with E-state index in [4.69, 9.17) is 11.0 Å². The SMILES string of the molecule is CC(C)Cn1c(CN)nnc1SCc1cccc(C#N)c1. The predicted octanol–water partition coefficient (Wildman–Crippen LogP) is 2.56. The number of benzene rings is 1. The van der Waals surface area contributed by atoms with Gasteiger partial charge in [0, 0.05) is 12.3 Å². The zero-order chi connectivity index (χ0) is 15.2. The van der Waals surface area contributed by atoms with Crippen molar-refractivity contribution in [3.63, 3.8) is 0 Å². The van der Waals surface area contributed by atoms with Gasteiger partial charge in [-0.05, 0) is 23.6 Å². The summed E-state index contributed by atoms with van der Waals surface area (Å²) in [7, 11) is 0. The third-order valence-corrected chi connectivity index (χ3v) is 3.99. The van der Waals surface area contributed by atoms with Crippen molar-refractivity contribution in [2.45, 2.75) is 37.8 Å². The molecular formula is C15H19N5S. The number of thioether (sulfide) groups is 1. The van der Waals surface area contributed by atoms with E-state index in [-0.39, 0.29) is 0 Å². The number of nitrogens with two attached hydrogens (primary N) is 1. The third kappa shape index (κ3) is 4.06. The van der Waals surface area contributed by atoms with Crippen molar-refractivity contribution >= 4 is 11.8 Å². The van der Waals surface area contributed by atoms with Crippen LogP contribution in [0.5, 0.6) is 0 Å². The van der Waals surface area contributed by atoms with Crippen LogP contribution in [-0.2, 0) is 18.8 Å². The summed E-state index contributed by atoms with van der Waals surface area (Å²) >= 11 is 1.62. The lowest BCUT2D eigenvalue weighted by atomic mass is 10.2. The highest BCUT2D eigenvalue weighted by atomic mass is 32.2. The van der Waals surface area contributed by atoms with Crippen LogP contribution in [0.1, 0.15) is 30.8 Å². The number of nitriles is 1. The van der Waals surface area contributed by atoms with Gasteiger partial charge in [0.05, 0.1) is 18.2 Å². The maximum absolute atomic E-state index is 8.93. The molecule has 0 radical (unpaired) electrons. The molecule has 0 aliphatic heterocycles. The second-order valence-corrected chi connectivity index (χ2v) is 6.15. The van der Waals surface area contributed by atoms with Crippen LogP contribution in [-0.4, -0.2) is 14.8 Å². The van der Waals surface area contributed by atoms with Crippen LogP contribution in [0.15, 0.2) is 29.4 Å². The second-order valence-electron chi connectivity index (χ2n) is 5.21. The maximum atomic E-state index is 8.93. The molecule has 0 spiro atoms. The molecule has 0 aliphatic rings. The highest BCUT2D eigenvalue weighted by Crippen LogP contribution is 2.23. The first kappa shape index (κ1) is 15.5. The molecule has 21 heavy (non-hydrogen) atoms. The van der Waals surface area contributed by atoms with Crippen molar-refractivity contribution in [1.82, 2.24) is 14.8 Å². The summed E-state index contributed by atoms with van der Waals surface area (Å²) in [6.07, 6.45) is 0. The summed E-state index contributed by atoms with van der Waals surface area (Å²) in [5.41, 5.74) is 7.50. The quantitative estimate of drug-likeness (QED) is 0.829. The summed E-state index contributed by atoms with van der Waals surface area (Å²) in [5, 5.41) is 18.2. The highest BCUT2D eigenvalue weighted by Gasteiger charge is 2.12. The Bertz CT molecular complexity index is 642. The normalized spacial score (nSPS) is 10.8. The number of nitrogens with zero attached hydrogens (tertiary/aromatic N) is 4. The zero-order valence-electron chi connectivity index (χ0n) is 12.3. The van der Waals surface area contributed by atoms with E-state index in [2.05, 4.69) is 34.7 Å². The first-order valence-corrected chi connectivity index (χ1v) is 7.86. The first-order chi connectivity index (χ1) is 10.1. The molecule has 0 aliphatic carbocycles. The van der Waals surface area contributed by atoms with E-state index < -0.39 is 0 Å². The van der Waals surface area contributed by atoms with Crippen LogP contribution >= 0.6 is 11.8 Å². The molecule has 2 aromatic rings. The summed E-state index contributed by atoms with van der Waals surface area (Å²) in [6.45, 7) is 5.57. The maximum Gasteiger partial charge on any atom is 0.191 e. The molecule has 6 heteroatoms. The number of aromatic nitrogens is 3. The summed E-state index contributed by atoms with van der Waals surface area (Å²) in [6, 6.07) is 9.78. The number of hydrogen-bond donors (Lipinski definition) is 1. The Morgan fingerprint density at radius 2 is 2.19 bits per heavy atom. The van der Waals surface area contributed by atoms with Crippen LogP contribution in [0.3, 0.4) is 0 Å². The van der Waals surface area contributed by atoms with Crippen molar-refractivity contribution in [3.05, 3.63) is 41.2 Å². The predicted molar refractivity (Wildman–Crippen MR) is 83.5 cm³/mol. The van der Waals surface area contributed by atoms with E-state index in [1.807, 2.05) is 24.3 Å². The Hall–Kier alpha value is -1.84. The standard InChI is InChI=1S/C15H19N5S/c1-11(2)9-20-14(8-17)18-19-15(20)21-10-13-5-3-4-12(6-13)7-16/h3-6,11H,8-10,17H2,1-2H3. The molecule has 0 saturated heterocycles. The second kappa shape index (κ2) is 7.25. The monoisotopic (exact) mass is 301 g/mol. The molecule has 1 aromatic carbocycles. The molecule has 0 saturated carbocycles. The Kier molecular flexibility index (Phi) is 5.37. The van der Waals surface area contributed by atoms with Gasteiger partial charge < -0.3 is 10.3 Å². The average molecular weight is 301 g/mol. The van der Waals surface area contributed by atoms with Crippen molar-refractivity contribution in [3.8, 4) is 6.07 Å². The smallest absolute Gasteiger partial charge is 0.191 e. The van der Waals surface area contributed by atoms with Crippen molar-refractivity contribution in [2.24, 2.45) is 11.7 Å². The Balaban J connectivity index is 2.12. The molecule has 0 amide bonds. The van der Waals surface area contributed by atoms with Crippen molar-refractivity contribution in [1.29, 1.82) is 5.26 Å². The highest BCUT2D eigenvalue weighted by molar-refractivity contribution is 7.98.